The average Bonchev–Trinajstić information content (AvgIpc) is 3.33. The predicted molar refractivity (Wildman–Crippen MR) is 90.5 cm³/mol. The Morgan fingerprint density at radius 1 is 1.08 bits per heavy atom. The summed E-state index contributed by atoms with van der Waals surface area (Å²) in [6.45, 7) is 2.54. The molecule has 0 unspecified atom stereocenters. The molecule has 1 aromatic carbocycles. The van der Waals surface area contributed by atoms with Crippen molar-refractivity contribution in [2.24, 2.45) is 0 Å². The molecule has 0 saturated carbocycles. The van der Waals surface area contributed by atoms with E-state index in [1.165, 1.54) is 12.8 Å². The molecule has 4 rings (SSSR count). The zero-order valence-corrected chi connectivity index (χ0v) is 13.2. The molecule has 0 spiro atoms. The largest absolute Gasteiger partial charge is 0.361 e. The Morgan fingerprint density at radius 3 is 2.75 bits per heavy atom. The molecule has 2 aromatic heterocycles. The highest BCUT2D eigenvalue weighted by molar-refractivity contribution is 5.53. The van der Waals surface area contributed by atoms with Gasteiger partial charge in [-0.3, -0.25) is 0 Å². The lowest BCUT2D eigenvalue weighted by molar-refractivity contribution is 0.384. The number of hydrogen-bond donors (Lipinski definition) is 1. The van der Waals surface area contributed by atoms with Crippen LogP contribution in [0.4, 0.5) is 11.6 Å². The minimum atomic E-state index is 0.427. The minimum Gasteiger partial charge on any atom is -0.361 e. The summed E-state index contributed by atoms with van der Waals surface area (Å²) in [5.41, 5.74) is 0.936. The molecule has 0 bridgehead atoms. The summed E-state index contributed by atoms with van der Waals surface area (Å²) in [5, 5.41) is 7.23. The van der Waals surface area contributed by atoms with Crippen molar-refractivity contribution in [2.45, 2.75) is 19.4 Å². The topological polar surface area (TPSA) is 80.0 Å². The Morgan fingerprint density at radius 2 is 1.92 bits per heavy atom. The van der Waals surface area contributed by atoms with E-state index in [2.05, 4.69) is 30.3 Å². The first kappa shape index (κ1) is 14.6. The number of rotatable bonds is 5. The van der Waals surface area contributed by atoms with Crippen LogP contribution in [-0.2, 0) is 6.54 Å². The van der Waals surface area contributed by atoms with Gasteiger partial charge in [-0.05, 0) is 12.8 Å². The molecule has 3 heterocycles. The van der Waals surface area contributed by atoms with Crippen LogP contribution in [0.25, 0.3) is 11.4 Å². The fraction of sp³-hybridized carbons (Fsp3) is 0.294. The average molecular weight is 322 g/mol. The second-order valence-electron chi connectivity index (χ2n) is 5.69. The van der Waals surface area contributed by atoms with Gasteiger partial charge < -0.3 is 14.7 Å². The van der Waals surface area contributed by atoms with Crippen LogP contribution in [-0.4, -0.2) is 33.2 Å². The summed E-state index contributed by atoms with van der Waals surface area (Å²) >= 11 is 0. The lowest BCUT2D eigenvalue weighted by atomic mass is 10.2. The van der Waals surface area contributed by atoms with Crippen LogP contribution in [0, 0.1) is 0 Å². The molecule has 3 aromatic rings. The Labute approximate surface area is 139 Å². The molecule has 24 heavy (non-hydrogen) atoms. The van der Waals surface area contributed by atoms with Crippen molar-refractivity contribution in [3.8, 4) is 11.4 Å². The lowest BCUT2D eigenvalue weighted by Gasteiger charge is -2.16. The Bertz CT molecular complexity index is 798. The molecular weight excluding hydrogens is 304 g/mol. The van der Waals surface area contributed by atoms with Crippen LogP contribution in [0.3, 0.4) is 0 Å². The maximum absolute atomic E-state index is 5.29. The fourth-order valence-electron chi connectivity index (χ4n) is 2.76. The highest BCUT2D eigenvalue weighted by Gasteiger charge is 2.14. The van der Waals surface area contributed by atoms with E-state index in [1.807, 2.05) is 36.4 Å². The zero-order chi connectivity index (χ0) is 16.2. The van der Waals surface area contributed by atoms with Gasteiger partial charge in [0.25, 0.3) is 0 Å². The number of nitrogens with one attached hydrogen (secondary N) is 1. The summed E-state index contributed by atoms with van der Waals surface area (Å²) < 4.78 is 5.29. The summed E-state index contributed by atoms with van der Waals surface area (Å²) in [6.07, 6.45) is 4.02. The van der Waals surface area contributed by atoms with Crippen molar-refractivity contribution < 1.29 is 4.52 Å². The first-order valence-corrected chi connectivity index (χ1v) is 8.07. The van der Waals surface area contributed by atoms with Crippen LogP contribution in [0.5, 0.6) is 0 Å². The van der Waals surface area contributed by atoms with E-state index < -0.39 is 0 Å². The highest BCUT2D eigenvalue weighted by Crippen LogP contribution is 2.20. The summed E-state index contributed by atoms with van der Waals surface area (Å²) in [7, 11) is 0. The number of benzene rings is 1. The van der Waals surface area contributed by atoms with E-state index in [1.54, 1.807) is 6.33 Å². The fourth-order valence-corrected chi connectivity index (χ4v) is 2.76. The summed E-state index contributed by atoms with van der Waals surface area (Å²) in [6, 6.07) is 11.7. The van der Waals surface area contributed by atoms with Gasteiger partial charge in [-0.2, -0.15) is 4.98 Å². The van der Waals surface area contributed by atoms with Gasteiger partial charge in [-0.25, -0.2) is 9.97 Å². The van der Waals surface area contributed by atoms with Crippen LogP contribution in [0.2, 0.25) is 0 Å². The van der Waals surface area contributed by atoms with Crippen molar-refractivity contribution in [1.82, 2.24) is 20.1 Å². The minimum absolute atomic E-state index is 0.427. The quantitative estimate of drug-likeness (QED) is 0.773. The maximum Gasteiger partial charge on any atom is 0.246 e. The summed E-state index contributed by atoms with van der Waals surface area (Å²) in [5.74, 6) is 2.83. The van der Waals surface area contributed by atoms with E-state index in [0.29, 0.717) is 18.3 Å². The molecular formula is C17H18N6O. The predicted octanol–water partition coefficient (Wildman–Crippen LogP) is 2.74. The van der Waals surface area contributed by atoms with Gasteiger partial charge in [-0.1, -0.05) is 35.5 Å². The molecule has 1 saturated heterocycles. The molecule has 7 heteroatoms. The van der Waals surface area contributed by atoms with Crippen LogP contribution in [0.1, 0.15) is 18.7 Å². The van der Waals surface area contributed by atoms with Crippen LogP contribution < -0.4 is 10.2 Å². The third-order valence-electron chi connectivity index (χ3n) is 4.00. The van der Waals surface area contributed by atoms with Crippen LogP contribution in [0.15, 0.2) is 47.2 Å². The van der Waals surface area contributed by atoms with Gasteiger partial charge in [0.1, 0.15) is 18.0 Å². The van der Waals surface area contributed by atoms with E-state index in [4.69, 9.17) is 4.52 Å². The Hall–Kier alpha value is -2.96. The molecule has 0 atom stereocenters. The molecule has 0 amide bonds. The highest BCUT2D eigenvalue weighted by atomic mass is 16.5. The Balaban J connectivity index is 1.42. The van der Waals surface area contributed by atoms with Gasteiger partial charge >= 0.3 is 0 Å². The Kier molecular flexibility index (Phi) is 4.05. The molecule has 1 aliphatic heterocycles. The number of aromatic nitrogens is 4. The maximum atomic E-state index is 5.29. The molecule has 1 aliphatic rings. The van der Waals surface area contributed by atoms with Crippen molar-refractivity contribution in [1.29, 1.82) is 0 Å². The second-order valence-corrected chi connectivity index (χ2v) is 5.69. The third kappa shape index (κ3) is 3.19. The summed E-state index contributed by atoms with van der Waals surface area (Å²) in [4.78, 5) is 15.3. The van der Waals surface area contributed by atoms with E-state index in [0.717, 1.165) is 30.3 Å². The second kappa shape index (κ2) is 6.66. The standard InChI is InChI=1S/C17H18N6O/c1-2-6-13(7-3-1)17-21-16(24-22-17)11-18-14-10-15(20-12-19-14)23-8-4-5-9-23/h1-3,6-7,10,12H,4-5,8-9,11H2,(H,18,19,20). The zero-order valence-electron chi connectivity index (χ0n) is 13.2. The van der Waals surface area contributed by atoms with E-state index in [-0.39, 0.29) is 0 Å². The molecule has 7 nitrogen and oxygen atoms in total. The van der Waals surface area contributed by atoms with Crippen molar-refractivity contribution >= 4 is 11.6 Å². The molecule has 0 radical (unpaired) electrons. The number of anilines is 2. The number of nitrogens with zero attached hydrogens (tertiary/aromatic N) is 5. The van der Waals surface area contributed by atoms with E-state index >= 15 is 0 Å². The van der Waals surface area contributed by atoms with Gasteiger partial charge in [-0.15, -0.1) is 0 Å². The van der Waals surface area contributed by atoms with Gasteiger partial charge in [0, 0.05) is 24.7 Å². The van der Waals surface area contributed by atoms with Gasteiger partial charge in [0.15, 0.2) is 0 Å². The molecule has 1 fully saturated rings. The molecule has 1 N–H and O–H groups in total. The van der Waals surface area contributed by atoms with Crippen molar-refractivity contribution in [3.05, 3.63) is 48.6 Å². The number of hydrogen-bond acceptors (Lipinski definition) is 7. The molecule has 0 aliphatic carbocycles. The lowest BCUT2D eigenvalue weighted by Crippen LogP contribution is -2.19. The van der Waals surface area contributed by atoms with Crippen molar-refractivity contribution in [3.63, 3.8) is 0 Å². The SMILES string of the molecule is c1ccc(-c2noc(CNc3cc(N4CCCC4)ncn3)n2)cc1. The monoisotopic (exact) mass is 322 g/mol. The first-order chi connectivity index (χ1) is 11.9. The molecule has 122 valence electrons. The normalized spacial score (nSPS) is 14.1. The smallest absolute Gasteiger partial charge is 0.246 e. The van der Waals surface area contributed by atoms with Gasteiger partial charge in [0.05, 0.1) is 6.54 Å². The van der Waals surface area contributed by atoms with E-state index in [9.17, 15) is 0 Å². The van der Waals surface area contributed by atoms with Crippen LogP contribution >= 0.6 is 0 Å². The first-order valence-electron chi connectivity index (χ1n) is 8.07. The van der Waals surface area contributed by atoms with Crippen molar-refractivity contribution in [2.75, 3.05) is 23.3 Å². The van der Waals surface area contributed by atoms with Gasteiger partial charge in [0.2, 0.25) is 11.7 Å². The third-order valence-corrected chi connectivity index (χ3v) is 4.00.